The molecule has 5 rings (SSSR count). The van der Waals surface area contributed by atoms with Gasteiger partial charge >= 0.3 is 5.97 Å². The first-order valence-electron chi connectivity index (χ1n) is 13.2. The van der Waals surface area contributed by atoms with Gasteiger partial charge in [0.1, 0.15) is 22.8 Å². The number of aliphatic hydroxyl groups excluding tert-OH is 2. The van der Waals surface area contributed by atoms with Crippen LogP contribution >= 0.6 is 0 Å². The Hall–Kier alpha value is -4.68. The summed E-state index contributed by atoms with van der Waals surface area (Å²) in [6.45, 7) is 0. The van der Waals surface area contributed by atoms with Crippen molar-refractivity contribution in [3.63, 3.8) is 0 Å². The molecule has 0 unspecified atom stereocenters. The third-order valence-electron chi connectivity index (χ3n) is 8.62. The van der Waals surface area contributed by atoms with Crippen LogP contribution in [0.1, 0.15) is 27.9 Å². The van der Waals surface area contributed by atoms with Gasteiger partial charge in [0.15, 0.2) is 11.4 Å². The van der Waals surface area contributed by atoms with Gasteiger partial charge in [-0.1, -0.05) is 12.1 Å². The van der Waals surface area contributed by atoms with Gasteiger partial charge in [0.2, 0.25) is 5.78 Å². The summed E-state index contributed by atoms with van der Waals surface area (Å²) in [6, 6.07) is 6.29. The second-order valence-electron chi connectivity index (χ2n) is 11.4. The molecule has 0 spiro atoms. The number of fused-ring (bicyclic) bond motifs is 3. The number of rotatable bonds is 5. The fourth-order valence-corrected chi connectivity index (χ4v) is 6.70. The molecule has 0 aliphatic heterocycles. The summed E-state index contributed by atoms with van der Waals surface area (Å²) in [7, 11) is 6.61. The number of hydrogen-bond acceptors (Lipinski definition) is 10. The van der Waals surface area contributed by atoms with Crippen molar-refractivity contribution in [2.24, 2.45) is 17.6 Å². The van der Waals surface area contributed by atoms with Crippen molar-refractivity contribution >= 4 is 34.9 Å². The number of phenolic OH excluding ortho intramolecular Hbond substituents is 1. The predicted molar refractivity (Wildman–Crippen MR) is 151 cm³/mol. The molecule has 3 aliphatic carbocycles. The molecule has 0 heterocycles. The fraction of sp³-hybridized carbons (Fsp3) is 0.333. The molecule has 42 heavy (non-hydrogen) atoms. The van der Waals surface area contributed by atoms with Crippen LogP contribution in [0.5, 0.6) is 5.75 Å². The molecule has 0 aromatic heterocycles. The third-order valence-corrected chi connectivity index (χ3v) is 8.62. The van der Waals surface area contributed by atoms with Gasteiger partial charge in [0.05, 0.1) is 17.2 Å². The minimum Gasteiger partial charge on any atom is -0.508 e. The molecule has 1 saturated carbocycles. The Morgan fingerprint density at radius 3 is 2.17 bits per heavy atom. The minimum atomic E-state index is -2.73. The summed E-state index contributed by atoms with van der Waals surface area (Å²) in [4.78, 5) is 54.0. The van der Waals surface area contributed by atoms with E-state index >= 15 is 0 Å². The van der Waals surface area contributed by atoms with Gasteiger partial charge in [-0.05, 0) is 62.2 Å². The summed E-state index contributed by atoms with van der Waals surface area (Å²) < 4.78 is 0. The van der Waals surface area contributed by atoms with Crippen LogP contribution in [0.25, 0.3) is 16.9 Å². The number of aromatic hydroxyl groups is 1. The van der Waals surface area contributed by atoms with E-state index in [2.05, 4.69) is 0 Å². The molecule has 220 valence electrons. The number of carbonyl (C=O) groups is 4. The van der Waals surface area contributed by atoms with Crippen LogP contribution in [0.3, 0.4) is 0 Å². The number of phenols is 1. The average Bonchev–Trinajstić information content (AvgIpc) is 2.90. The number of carboxylic acid groups (broad SMARTS) is 1. The minimum absolute atomic E-state index is 0.0161. The predicted octanol–water partition coefficient (Wildman–Crippen LogP) is 1.40. The van der Waals surface area contributed by atoms with E-state index in [0.29, 0.717) is 16.8 Å². The molecule has 3 aliphatic rings. The quantitative estimate of drug-likeness (QED) is 0.280. The largest absolute Gasteiger partial charge is 0.508 e. The topological polar surface area (TPSA) is 202 Å². The van der Waals surface area contributed by atoms with Crippen molar-refractivity contribution in [3.8, 4) is 16.9 Å². The zero-order valence-electron chi connectivity index (χ0n) is 23.4. The molecule has 4 atom stereocenters. The highest BCUT2D eigenvalue weighted by molar-refractivity contribution is 6.24. The lowest BCUT2D eigenvalue weighted by molar-refractivity contribution is -0.153. The summed E-state index contributed by atoms with van der Waals surface area (Å²) in [5.74, 6) is -8.32. The third kappa shape index (κ3) is 3.90. The lowest BCUT2D eigenvalue weighted by atomic mass is 9.57. The number of ketones is 2. The highest BCUT2D eigenvalue weighted by Crippen LogP contribution is 2.54. The summed E-state index contributed by atoms with van der Waals surface area (Å²) in [5.41, 5.74) is 3.36. The van der Waals surface area contributed by atoms with Gasteiger partial charge < -0.3 is 36.2 Å². The first kappa shape index (κ1) is 28.8. The number of primary amides is 1. The first-order chi connectivity index (χ1) is 19.6. The Morgan fingerprint density at radius 2 is 1.64 bits per heavy atom. The molecule has 2 aromatic carbocycles. The van der Waals surface area contributed by atoms with Crippen molar-refractivity contribution < 1.29 is 44.7 Å². The molecule has 12 nitrogen and oxygen atoms in total. The molecule has 7 N–H and O–H groups in total. The van der Waals surface area contributed by atoms with Gasteiger partial charge in [-0.2, -0.15) is 0 Å². The van der Waals surface area contributed by atoms with E-state index in [9.17, 15) is 44.7 Å². The van der Waals surface area contributed by atoms with E-state index in [-0.39, 0.29) is 40.9 Å². The lowest BCUT2D eigenvalue weighted by Gasteiger charge is -2.50. The number of Topliss-reactive ketones (excluding diaryl/α,β-unsaturated/α-hetero) is 2. The zero-order valence-corrected chi connectivity index (χ0v) is 23.4. The van der Waals surface area contributed by atoms with E-state index in [1.54, 1.807) is 39.2 Å². The van der Waals surface area contributed by atoms with Crippen LogP contribution in [0.4, 0.5) is 5.69 Å². The number of carboxylic acids is 1. The first-order valence-corrected chi connectivity index (χ1v) is 13.2. The molecule has 0 bridgehead atoms. The number of nitrogens with two attached hydrogens (primary N) is 1. The number of aliphatic hydroxyl groups is 3. The van der Waals surface area contributed by atoms with Crippen molar-refractivity contribution in [1.82, 2.24) is 4.90 Å². The van der Waals surface area contributed by atoms with Crippen LogP contribution in [-0.4, -0.2) is 93.7 Å². The van der Waals surface area contributed by atoms with E-state index in [0.717, 1.165) is 0 Å². The molecule has 0 saturated heterocycles. The van der Waals surface area contributed by atoms with Crippen molar-refractivity contribution in [2.75, 3.05) is 33.1 Å². The molecular formula is C30H31N3O9. The lowest BCUT2D eigenvalue weighted by Crippen LogP contribution is -2.65. The van der Waals surface area contributed by atoms with Crippen LogP contribution in [-0.2, 0) is 20.8 Å². The number of amides is 1. The maximum Gasteiger partial charge on any atom is 0.335 e. The zero-order chi connectivity index (χ0) is 31.0. The number of hydrogen-bond donors (Lipinski definition) is 6. The molecule has 12 heteroatoms. The normalized spacial score (nSPS) is 25.2. The molecule has 2 aromatic rings. The average molecular weight is 578 g/mol. The highest BCUT2D eigenvalue weighted by Gasteiger charge is 2.64. The van der Waals surface area contributed by atoms with E-state index in [1.807, 2.05) is 0 Å². The van der Waals surface area contributed by atoms with Gasteiger partial charge in [-0.25, -0.2) is 4.79 Å². The SMILES string of the molecule is CN(C)c1cc(-c2ccc(C(=O)O)cc2)c(O)c2c1C[C@@H]1C[C@@H]3[C@H](N(C)C)C(=O)C(C(N)=O)=C(O)[C@@]3(O)C(=O)C1=C2O. The van der Waals surface area contributed by atoms with Crippen LogP contribution in [0.15, 0.2) is 47.2 Å². The highest BCUT2D eigenvalue weighted by atomic mass is 16.4. The Bertz CT molecular complexity index is 1640. The van der Waals surface area contributed by atoms with Crippen molar-refractivity contribution in [1.29, 1.82) is 0 Å². The van der Waals surface area contributed by atoms with Crippen LogP contribution in [0, 0.1) is 11.8 Å². The number of carbonyl (C=O) groups excluding carboxylic acids is 3. The maximum atomic E-state index is 14.1. The fourth-order valence-electron chi connectivity index (χ4n) is 6.70. The number of aromatic carboxylic acids is 1. The van der Waals surface area contributed by atoms with Crippen molar-refractivity contribution in [3.05, 3.63) is 63.9 Å². The second kappa shape index (κ2) is 9.71. The number of nitrogens with zero attached hydrogens (tertiary/aromatic N) is 2. The Morgan fingerprint density at radius 1 is 1.02 bits per heavy atom. The number of benzene rings is 2. The number of likely N-dealkylation sites (N-methyl/N-ethyl adjacent to an activating group) is 1. The van der Waals surface area contributed by atoms with Gasteiger partial charge in [-0.15, -0.1) is 0 Å². The van der Waals surface area contributed by atoms with E-state index < -0.39 is 64.0 Å². The van der Waals surface area contributed by atoms with Gasteiger partial charge in [0, 0.05) is 36.8 Å². The summed E-state index contributed by atoms with van der Waals surface area (Å²) in [6.07, 6.45) is 0.131. The summed E-state index contributed by atoms with van der Waals surface area (Å²) >= 11 is 0. The number of anilines is 1. The van der Waals surface area contributed by atoms with E-state index in [1.165, 1.54) is 29.2 Å². The van der Waals surface area contributed by atoms with Crippen molar-refractivity contribution in [2.45, 2.75) is 24.5 Å². The smallest absolute Gasteiger partial charge is 0.335 e. The standard InChI is InChI=1S/C30H31N3O9/c1-32(2)18-11-15(12-5-7-13(8-6-12)29(40)41)23(34)20-16(18)9-14-10-17-22(33(3)4)25(36)21(28(31)39)27(38)30(17,42)26(37)19(14)24(20)35/h5-8,11,14,17,22,34-35,38,42H,9-10H2,1-4H3,(H2,31,39)(H,40,41)/t14-,17-,22+,30+/m1/s1. The Balaban J connectivity index is 1.75. The maximum absolute atomic E-state index is 14.1. The Kier molecular flexibility index (Phi) is 6.66. The van der Waals surface area contributed by atoms with Crippen LogP contribution in [0.2, 0.25) is 0 Å². The monoisotopic (exact) mass is 577 g/mol. The van der Waals surface area contributed by atoms with Crippen LogP contribution < -0.4 is 10.6 Å². The molecule has 0 radical (unpaired) electrons. The summed E-state index contributed by atoms with van der Waals surface area (Å²) in [5, 5.41) is 55.1. The Labute approximate surface area is 240 Å². The molecule has 1 fully saturated rings. The second-order valence-corrected chi connectivity index (χ2v) is 11.4. The van der Waals surface area contributed by atoms with Gasteiger partial charge in [-0.3, -0.25) is 19.3 Å². The molecule has 1 amide bonds. The van der Waals surface area contributed by atoms with Gasteiger partial charge in [0.25, 0.3) is 5.91 Å². The molecular weight excluding hydrogens is 546 g/mol. The van der Waals surface area contributed by atoms with E-state index in [4.69, 9.17) is 5.73 Å².